The average molecular weight is 262 g/mol. The Morgan fingerprint density at radius 2 is 2.05 bits per heavy atom. The molecular weight excluding hydrogens is 236 g/mol. The minimum absolute atomic E-state index is 0.0155. The highest BCUT2D eigenvalue weighted by Crippen LogP contribution is 2.28. The van der Waals surface area contributed by atoms with Crippen LogP contribution in [-0.4, -0.2) is 35.7 Å². The molecule has 2 unspecified atom stereocenters. The molecule has 1 heterocycles. The van der Waals surface area contributed by atoms with E-state index < -0.39 is 5.54 Å². The van der Waals surface area contributed by atoms with Crippen LogP contribution in [0.4, 0.5) is 0 Å². The van der Waals surface area contributed by atoms with E-state index in [0.717, 1.165) is 18.7 Å². The molecule has 3 N–H and O–H groups in total. The molecule has 0 spiro atoms. The number of aliphatic hydroxyl groups excluding tert-OH is 1. The Morgan fingerprint density at radius 3 is 2.63 bits per heavy atom. The zero-order chi connectivity index (χ0) is 13.9. The summed E-state index contributed by atoms with van der Waals surface area (Å²) in [6.45, 7) is 6.34. The Balaban J connectivity index is 2.14. The lowest BCUT2D eigenvalue weighted by atomic mass is 9.90. The largest absolute Gasteiger partial charge is 0.394 e. The smallest absolute Gasteiger partial charge is 0.0773 e. The summed E-state index contributed by atoms with van der Waals surface area (Å²) in [5.74, 6) is 0.640. The third-order valence-corrected chi connectivity index (χ3v) is 4.30. The number of nitrogens with zero attached hydrogens (tertiary/aromatic N) is 1. The SMILES string of the molecule is CC(C)C1CCCN1CC(N)(CO)c1ccccc1. The summed E-state index contributed by atoms with van der Waals surface area (Å²) in [5.41, 5.74) is 6.84. The van der Waals surface area contributed by atoms with Crippen molar-refractivity contribution >= 4 is 0 Å². The van der Waals surface area contributed by atoms with Crippen molar-refractivity contribution in [3.8, 4) is 0 Å². The quantitative estimate of drug-likeness (QED) is 0.853. The van der Waals surface area contributed by atoms with Crippen molar-refractivity contribution < 1.29 is 5.11 Å². The molecule has 19 heavy (non-hydrogen) atoms. The maximum Gasteiger partial charge on any atom is 0.0773 e. The average Bonchev–Trinajstić information content (AvgIpc) is 2.87. The zero-order valence-electron chi connectivity index (χ0n) is 12.0. The van der Waals surface area contributed by atoms with E-state index in [1.54, 1.807) is 0 Å². The lowest BCUT2D eigenvalue weighted by Crippen LogP contribution is -2.52. The fraction of sp³-hybridized carbons (Fsp3) is 0.625. The van der Waals surface area contributed by atoms with E-state index in [2.05, 4.69) is 18.7 Å². The van der Waals surface area contributed by atoms with Crippen LogP contribution in [0.25, 0.3) is 0 Å². The van der Waals surface area contributed by atoms with Gasteiger partial charge in [-0.2, -0.15) is 0 Å². The van der Waals surface area contributed by atoms with E-state index in [-0.39, 0.29) is 6.61 Å². The highest BCUT2D eigenvalue weighted by Gasteiger charge is 2.35. The fourth-order valence-corrected chi connectivity index (χ4v) is 3.17. The summed E-state index contributed by atoms with van der Waals surface area (Å²) >= 11 is 0. The molecule has 0 saturated carbocycles. The van der Waals surface area contributed by atoms with Crippen molar-refractivity contribution in [1.82, 2.24) is 4.90 Å². The standard InChI is InChI=1S/C16H26N2O/c1-13(2)15-9-6-10-18(15)11-16(17,12-19)14-7-4-3-5-8-14/h3-5,7-8,13,15,19H,6,9-12,17H2,1-2H3. The lowest BCUT2D eigenvalue weighted by molar-refractivity contribution is 0.114. The van der Waals surface area contributed by atoms with Gasteiger partial charge in [0.1, 0.15) is 0 Å². The molecule has 0 radical (unpaired) electrons. The van der Waals surface area contributed by atoms with Crippen LogP contribution in [0.5, 0.6) is 0 Å². The van der Waals surface area contributed by atoms with Gasteiger partial charge in [0.05, 0.1) is 12.1 Å². The van der Waals surface area contributed by atoms with Gasteiger partial charge >= 0.3 is 0 Å². The predicted octanol–water partition coefficient (Wildman–Crippen LogP) is 1.95. The van der Waals surface area contributed by atoms with E-state index in [0.29, 0.717) is 12.0 Å². The van der Waals surface area contributed by atoms with Crippen LogP contribution in [0.3, 0.4) is 0 Å². The zero-order valence-corrected chi connectivity index (χ0v) is 12.0. The van der Waals surface area contributed by atoms with Gasteiger partial charge in [-0.1, -0.05) is 44.2 Å². The Kier molecular flexibility index (Phi) is 4.61. The van der Waals surface area contributed by atoms with E-state index in [4.69, 9.17) is 5.73 Å². The third-order valence-electron chi connectivity index (χ3n) is 4.30. The highest BCUT2D eigenvalue weighted by atomic mass is 16.3. The van der Waals surface area contributed by atoms with Crippen molar-refractivity contribution in [1.29, 1.82) is 0 Å². The second-order valence-electron chi connectivity index (χ2n) is 6.10. The second kappa shape index (κ2) is 6.04. The molecular formula is C16H26N2O. The number of rotatable bonds is 5. The molecule has 2 rings (SSSR count). The first kappa shape index (κ1) is 14.5. The second-order valence-corrected chi connectivity index (χ2v) is 6.10. The van der Waals surface area contributed by atoms with Gasteiger partial charge in [-0.15, -0.1) is 0 Å². The summed E-state index contributed by atoms with van der Waals surface area (Å²) in [6, 6.07) is 10.6. The Bertz CT molecular complexity index is 393. The maximum absolute atomic E-state index is 9.77. The van der Waals surface area contributed by atoms with Crippen molar-refractivity contribution in [3.05, 3.63) is 35.9 Å². The predicted molar refractivity (Wildman–Crippen MR) is 78.8 cm³/mol. The van der Waals surface area contributed by atoms with Crippen molar-refractivity contribution in [2.24, 2.45) is 11.7 Å². The molecule has 0 amide bonds. The van der Waals surface area contributed by atoms with Crippen molar-refractivity contribution in [3.63, 3.8) is 0 Å². The third kappa shape index (κ3) is 3.16. The minimum atomic E-state index is -0.654. The molecule has 1 fully saturated rings. The summed E-state index contributed by atoms with van der Waals surface area (Å²) < 4.78 is 0. The van der Waals surface area contributed by atoms with Gasteiger partial charge < -0.3 is 10.8 Å². The monoisotopic (exact) mass is 262 g/mol. The normalized spacial score (nSPS) is 23.7. The first-order chi connectivity index (χ1) is 9.07. The van der Waals surface area contributed by atoms with Crippen LogP contribution in [0.1, 0.15) is 32.3 Å². The lowest BCUT2D eigenvalue weighted by Gasteiger charge is -2.36. The van der Waals surface area contributed by atoms with Gasteiger partial charge in [-0.25, -0.2) is 0 Å². The van der Waals surface area contributed by atoms with Crippen LogP contribution in [0.15, 0.2) is 30.3 Å². The van der Waals surface area contributed by atoms with E-state index in [1.807, 2.05) is 30.3 Å². The van der Waals surface area contributed by atoms with Gasteiger partial charge in [0.15, 0.2) is 0 Å². The van der Waals surface area contributed by atoms with Crippen LogP contribution in [-0.2, 0) is 5.54 Å². The molecule has 0 aromatic heterocycles. The molecule has 3 nitrogen and oxygen atoms in total. The Morgan fingerprint density at radius 1 is 1.37 bits per heavy atom. The van der Waals surface area contributed by atoms with Gasteiger partial charge in [-0.3, -0.25) is 4.90 Å². The van der Waals surface area contributed by atoms with Crippen molar-refractivity contribution in [2.45, 2.75) is 38.3 Å². The molecule has 1 aliphatic heterocycles. The fourth-order valence-electron chi connectivity index (χ4n) is 3.17. The number of hydrogen-bond acceptors (Lipinski definition) is 3. The molecule has 0 bridgehead atoms. The highest BCUT2D eigenvalue weighted by molar-refractivity contribution is 5.24. The number of hydrogen-bond donors (Lipinski definition) is 2. The molecule has 2 atom stereocenters. The van der Waals surface area contributed by atoms with Crippen LogP contribution >= 0.6 is 0 Å². The summed E-state index contributed by atoms with van der Waals surface area (Å²) in [7, 11) is 0. The first-order valence-electron chi connectivity index (χ1n) is 7.26. The van der Waals surface area contributed by atoms with E-state index in [9.17, 15) is 5.11 Å². The van der Waals surface area contributed by atoms with E-state index in [1.165, 1.54) is 12.8 Å². The van der Waals surface area contributed by atoms with E-state index >= 15 is 0 Å². The van der Waals surface area contributed by atoms with Crippen LogP contribution in [0, 0.1) is 5.92 Å². The van der Waals surface area contributed by atoms with Gasteiger partial charge in [-0.05, 0) is 30.9 Å². The number of likely N-dealkylation sites (tertiary alicyclic amines) is 1. The summed E-state index contributed by atoms with van der Waals surface area (Å²) in [4.78, 5) is 2.45. The minimum Gasteiger partial charge on any atom is -0.394 e. The van der Waals surface area contributed by atoms with Gasteiger partial charge in [0, 0.05) is 12.6 Å². The maximum atomic E-state index is 9.77. The Hall–Kier alpha value is -0.900. The molecule has 3 heteroatoms. The van der Waals surface area contributed by atoms with Crippen molar-refractivity contribution in [2.75, 3.05) is 19.7 Å². The number of aliphatic hydroxyl groups is 1. The molecule has 1 aromatic rings. The van der Waals surface area contributed by atoms with Gasteiger partial charge in [0.2, 0.25) is 0 Å². The van der Waals surface area contributed by atoms with Gasteiger partial charge in [0.25, 0.3) is 0 Å². The molecule has 1 aromatic carbocycles. The molecule has 0 aliphatic carbocycles. The molecule has 1 saturated heterocycles. The molecule has 1 aliphatic rings. The van der Waals surface area contributed by atoms with Crippen LogP contribution < -0.4 is 5.73 Å². The number of nitrogens with two attached hydrogens (primary N) is 1. The Labute approximate surface area is 116 Å². The topological polar surface area (TPSA) is 49.5 Å². The number of benzene rings is 1. The van der Waals surface area contributed by atoms with Crippen LogP contribution in [0.2, 0.25) is 0 Å². The molecule has 106 valence electrons. The summed E-state index contributed by atoms with van der Waals surface area (Å²) in [5, 5.41) is 9.77. The summed E-state index contributed by atoms with van der Waals surface area (Å²) in [6.07, 6.45) is 2.48. The first-order valence-corrected chi connectivity index (χ1v) is 7.26.